The summed E-state index contributed by atoms with van der Waals surface area (Å²) in [6.45, 7) is 0.959. The predicted molar refractivity (Wildman–Crippen MR) is 70.8 cm³/mol. The van der Waals surface area contributed by atoms with Crippen molar-refractivity contribution >= 4 is 10.0 Å². The second kappa shape index (κ2) is 5.45. The Balaban J connectivity index is 2.13. The van der Waals surface area contributed by atoms with Crippen LogP contribution in [-0.2, 0) is 10.0 Å². The van der Waals surface area contributed by atoms with Crippen molar-refractivity contribution in [1.29, 1.82) is 0 Å². The highest BCUT2D eigenvalue weighted by atomic mass is 32.2. The molecule has 0 aromatic carbocycles. The summed E-state index contributed by atoms with van der Waals surface area (Å²) in [5.41, 5.74) is 0. The van der Waals surface area contributed by atoms with E-state index < -0.39 is 16.1 Å². The van der Waals surface area contributed by atoms with Gasteiger partial charge in [-0.1, -0.05) is 12.8 Å². The fourth-order valence-corrected chi connectivity index (χ4v) is 5.40. The molecule has 2 fully saturated rings. The summed E-state index contributed by atoms with van der Waals surface area (Å²) in [5, 5.41) is 9.55. The van der Waals surface area contributed by atoms with Crippen LogP contribution in [0.25, 0.3) is 0 Å². The molecular weight excluding hydrogens is 252 g/mol. The van der Waals surface area contributed by atoms with Crippen LogP contribution < -0.4 is 0 Å². The highest BCUT2D eigenvalue weighted by molar-refractivity contribution is 7.89. The Morgan fingerprint density at radius 1 is 1.28 bits per heavy atom. The maximum Gasteiger partial charge on any atom is 0.217 e. The van der Waals surface area contributed by atoms with Gasteiger partial charge in [0.2, 0.25) is 10.0 Å². The summed E-state index contributed by atoms with van der Waals surface area (Å²) in [6, 6.07) is -0.0689. The topological polar surface area (TPSA) is 60.9 Å². The van der Waals surface area contributed by atoms with Crippen LogP contribution in [0.4, 0.5) is 0 Å². The highest BCUT2D eigenvalue weighted by Crippen LogP contribution is 2.31. The Bertz CT molecular complexity index is 377. The first-order valence-electron chi connectivity index (χ1n) is 6.74. The molecule has 2 aliphatic rings. The second-order valence-corrected chi connectivity index (χ2v) is 7.99. The minimum absolute atomic E-state index is 0.0689. The summed E-state index contributed by atoms with van der Waals surface area (Å²) < 4.78 is 26.7. The quantitative estimate of drug-likeness (QED) is 0.800. The van der Waals surface area contributed by atoms with Gasteiger partial charge < -0.3 is 10.0 Å². The lowest BCUT2D eigenvalue weighted by atomic mass is 10.2. The maximum atomic E-state index is 12.6. The van der Waals surface area contributed by atoms with E-state index in [1.54, 1.807) is 4.31 Å². The predicted octanol–water partition coefficient (Wildman–Crippen LogP) is 0.256. The van der Waals surface area contributed by atoms with Gasteiger partial charge in [0.25, 0.3) is 0 Å². The molecule has 1 aliphatic carbocycles. The number of sulfonamides is 1. The van der Waals surface area contributed by atoms with Gasteiger partial charge in [0.15, 0.2) is 0 Å². The van der Waals surface area contributed by atoms with Gasteiger partial charge in [0, 0.05) is 19.1 Å². The minimum Gasteiger partial charge on any atom is -0.392 e. The number of aliphatic hydroxyl groups is 1. The molecule has 0 amide bonds. The second-order valence-electron chi connectivity index (χ2n) is 5.83. The molecule has 18 heavy (non-hydrogen) atoms. The molecule has 2 atom stereocenters. The van der Waals surface area contributed by atoms with Crippen LogP contribution in [0, 0.1) is 0 Å². The molecule has 0 aromatic heterocycles. The average Bonchev–Trinajstić information content (AvgIpc) is 2.86. The third-order valence-corrected chi connectivity index (χ3v) is 6.38. The zero-order valence-electron chi connectivity index (χ0n) is 11.2. The van der Waals surface area contributed by atoms with Gasteiger partial charge in [-0.15, -0.1) is 0 Å². The lowest BCUT2D eigenvalue weighted by Gasteiger charge is -2.28. The number of nitrogens with zero attached hydrogens (tertiary/aromatic N) is 2. The number of likely N-dealkylation sites (N-methyl/N-ethyl adjacent to an activating group) is 1. The molecule has 6 heteroatoms. The number of hydrogen-bond acceptors (Lipinski definition) is 4. The number of β-amino-alcohol motifs (C(OH)–C–C–N with tert-alkyl or cyclic N) is 1. The van der Waals surface area contributed by atoms with Crippen LogP contribution in [0.15, 0.2) is 0 Å². The SMILES string of the molecule is CN(C)CC1CC(O)CN1S(=O)(=O)C1CCCC1. The number of rotatable bonds is 4. The van der Waals surface area contributed by atoms with Gasteiger partial charge >= 0.3 is 0 Å². The summed E-state index contributed by atoms with van der Waals surface area (Å²) in [4.78, 5) is 1.99. The Morgan fingerprint density at radius 2 is 1.89 bits per heavy atom. The van der Waals surface area contributed by atoms with E-state index in [1.807, 2.05) is 19.0 Å². The van der Waals surface area contributed by atoms with Crippen molar-refractivity contribution in [3.8, 4) is 0 Å². The molecule has 0 radical (unpaired) electrons. The summed E-state index contributed by atoms with van der Waals surface area (Å²) in [6.07, 6.45) is 3.64. The molecule has 0 spiro atoms. The van der Waals surface area contributed by atoms with E-state index in [9.17, 15) is 13.5 Å². The molecule has 1 N–H and O–H groups in total. The average molecular weight is 276 g/mol. The van der Waals surface area contributed by atoms with Crippen LogP contribution in [0.1, 0.15) is 32.1 Å². The third kappa shape index (κ3) is 2.87. The molecule has 0 bridgehead atoms. The Morgan fingerprint density at radius 3 is 2.44 bits per heavy atom. The largest absolute Gasteiger partial charge is 0.392 e. The van der Waals surface area contributed by atoms with Gasteiger partial charge in [0.05, 0.1) is 11.4 Å². The normalized spacial score (nSPS) is 31.6. The van der Waals surface area contributed by atoms with Gasteiger partial charge in [-0.3, -0.25) is 0 Å². The molecule has 2 rings (SSSR count). The zero-order chi connectivity index (χ0) is 13.3. The maximum absolute atomic E-state index is 12.6. The first-order chi connectivity index (χ1) is 8.41. The number of hydrogen-bond donors (Lipinski definition) is 1. The first kappa shape index (κ1) is 14.2. The fourth-order valence-electron chi connectivity index (χ4n) is 3.14. The van der Waals surface area contributed by atoms with Gasteiger partial charge in [-0.25, -0.2) is 8.42 Å². The highest BCUT2D eigenvalue weighted by Gasteiger charge is 2.43. The summed E-state index contributed by atoms with van der Waals surface area (Å²) >= 11 is 0. The molecule has 106 valence electrons. The van der Waals surface area contributed by atoms with Gasteiger partial charge in [0.1, 0.15) is 0 Å². The fraction of sp³-hybridized carbons (Fsp3) is 1.00. The summed E-state index contributed by atoms with van der Waals surface area (Å²) in [5.74, 6) is 0. The summed E-state index contributed by atoms with van der Waals surface area (Å²) in [7, 11) is 0.652. The van der Waals surface area contributed by atoms with Crippen molar-refractivity contribution < 1.29 is 13.5 Å². The van der Waals surface area contributed by atoms with Gasteiger partial charge in [-0.05, 0) is 33.4 Å². The van der Waals surface area contributed by atoms with Crippen LogP contribution >= 0.6 is 0 Å². The van der Waals surface area contributed by atoms with Crippen molar-refractivity contribution in [3.05, 3.63) is 0 Å². The van der Waals surface area contributed by atoms with E-state index in [2.05, 4.69) is 0 Å². The van der Waals surface area contributed by atoms with Crippen molar-refractivity contribution in [2.45, 2.75) is 49.5 Å². The van der Waals surface area contributed by atoms with Crippen LogP contribution in [0.5, 0.6) is 0 Å². The van der Waals surface area contributed by atoms with Crippen molar-refractivity contribution in [3.63, 3.8) is 0 Å². The van der Waals surface area contributed by atoms with E-state index in [-0.39, 0.29) is 17.8 Å². The zero-order valence-corrected chi connectivity index (χ0v) is 12.1. The smallest absolute Gasteiger partial charge is 0.217 e. The molecular formula is C12H24N2O3S. The standard InChI is InChI=1S/C12H24N2O3S/c1-13(2)8-10-7-11(15)9-14(10)18(16,17)12-5-3-4-6-12/h10-12,15H,3-9H2,1-2H3. The van der Waals surface area contributed by atoms with Crippen molar-refractivity contribution in [2.24, 2.45) is 0 Å². The Hall–Kier alpha value is -0.170. The van der Waals surface area contributed by atoms with Crippen LogP contribution in [-0.4, -0.2) is 67.3 Å². The first-order valence-corrected chi connectivity index (χ1v) is 8.25. The lowest BCUT2D eigenvalue weighted by molar-refractivity contribution is 0.188. The number of aliphatic hydroxyl groups excluding tert-OH is 1. The van der Waals surface area contributed by atoms with E-state index in [4.69, 9.17) is 0 Å². The minimum atomic E-state index is -3.22. The monoisotopic (exact) mass is 276 g/mol. The van der Waals surface area contributed by atoms with Gasteiger partial charge in [-0.2, -0.15) is 4.31 Å². The van der Waals surface area contributed by atoms with Crippen LogP contribution in [0.3, 0.4) is 0 Å². The van der Waals surface area contributed by atoms with E-state index >= 15 is 0 Å². The van der Waals surface area contributed by atoms with Crippen molar-refractivity contribution in [2.75, 3.05) is 27.2 Å². The molecule has 1 saturated carbocycles. The molecule has 1 heterocycles. The Kier molecular flexibility index (Phi) is 4.31. The molecule has 0 aromatic rings. The van der Waals surface area contributed by atoms with E-state index in [0.29, 0.717) is 13.0 Å². The van der Waals surface area contributed by atoms with Crippen molar-refractivity contribution in [1.82, 2.24) is 9.21 Å². The van der Waals surface area contributed by atoms with E-state index in [0.717, 1.165) is 25.7 Å². The third-order valence-electron chi connectivity index (χ3n) is 3.97. The molecule has 1 saturated heterocycles. The lowest BCUT2D eigenvalue weighted by Crippen LogP contribution is -2.45. The van der Waals surface area contributed by atoms with E-state index in [1.165, 1.54) is 0 Å². The Labute approximate surface area is 110 Å². The molecule has 2 unspecified atom stereocenters. The molecule has 1 aliphatic heterocycles. The molecule has 5 nitrogen and oxygen atoms in total. The van der Waals surface area contributed by atoms with Crippen LogP contribution in [0.2, 0.25) is 0 Å².